The van der Waals surface area contributed by atoms with Crippen LogP contribution in [0.3, 0.4) is 0 Å². The zero-order chi connectivity index (χ0) is 19.7. The molecule has 142 valence electrons. The molecular weight excluding hydrogens is 396 g/mol. The fraction of sp³-hybridized carbons (Fsp3) is 0.200. The smallest absolute Gasteiger partial charge is 0.261 e. The van der Waals surface area contributed by atoms with Crippen LogP contribution in [-0.2, 0) is 0 Å². The number of benzene rings is 2. The van der Waals surface area contributed by atoms with E-state index in [-0.39, 0.29) is 23.6 Å². The van der Waals surface area contributed by atoms with Crippen molar-refractivity contribution in [1.29, 1.82) is 0 Å². The highest BCUT2D eigenvalue weighted by Gasteiger charge is 2.35. The molecule has 6 nitrogen and oxygen atoms in total. The molecule has 2 heterocycles. The van der Waals surface area contributed by atoms with Crippen molar-refractivity contribution in [2.24, 2.45) is 0 Å². The van der Waals surface area contributed by atoms with Gasteiger partial charge >= 0.3 is 0 Å². The summed E-state index contributed by atoms with van der Waals surface area (Å²) in [7, 11) is 3.03. The van der Waals surface area contributed by atoms with E-state index in [0.717, 1.165) is 0 Å². The Bertz CT molecular complexity index is 842. The Morgan fingerprint density at radius 3 is 1.11 bits per heavy atom. The average molecular weight is 412 g/mol. The molecule has 0 atom stereocenters. The lowest BCUT2D eigenvalue weighted by Gasteiger charge is -2.14. The van der Waals surface area contributed by atoms with Crippen LogP contribution in [0.4, 0.5) is 0 Å². The molecule has 0 spiro atoms. The van der Waals surface area contributed by atoms with Gasteiger partial charge in [-0.25, -0.2) is 0 Å². The molecule has 4 rings (SSSR count). The van der Waals surface area contributed by atoms with Crippen molar-refractivity contribution in [3.8, 4) is 0 Å². The van der Waals surface area contributed by atoms with Gasteiger partial charge in [0, 0.05) is 24.6 Å². The summed E-state index contributed by atoms with van der Waals surface area (Å²) in [5.41, 5.74) is 1.82. The Kier molecular flexibility index (Phi) is 5.23. The highest BCUT2D eigenvalue weighted by atomic mass is 33.1. The fourth-order valence-corrected chi connectivity index (χ4v) is 5.16. The number of carbonyl (C=O) groups excluding carboxylic acids is 4. The number of hydrogen-bond donors (Lipinski definition) is 0. The van der Waals surface area contributed by atoms with Gasteiger partial charge in [0.2, 0.25) is 0 Å². The van der Waals surface area contributed by atoms with Gasteiger partial charge in [0.25, 0.3) is 23.6 Å². The van der Waals surface area contributed by atoms with Gasteiger partial charge in [0.1, 0.15) is 0 Å². The molecular formula is C20H16N2O4S2. The molecule has 0 radical (unpaired) electrons. The van der Waals surface area contributed by atoms with Crippen molar-refractivity contribution in [1.82, 2.24) is 9.80 Å². The average Bonchev–Trinajstić information content (AvgIpc) is 3.11. The minimum absolute atomic E-state index is 0.253. The first-order valence-corrected chi connectivity index (χ1v) is 11.2. The van der Waals surface area contributed by atoms with Crippen molar-refractivity contribution in [2.45, 2.75) is 0 Å². The molecule has 2 aromatic carbocycles. The predicted octanol–water partition coefficient (Wildman–Crippen LogP) is 2.96. The lowest BCUT2D eigenvalue weighted by molar-refractivity contribution is 0.0648. The lowest BCUT2D eigenvalue weighted by atomic mass is 10.1. The van der Waals surface area contributed by atoms with Crippen LogP contribution in [0.2, 0.25) is 0 Å². The van der Waals surface area contributed by atoms with Gasteiger partial charge in [0.05, 0.1) is 22.3 Å². The van der Waals surface area contributed by atoms with Crippen molar-refractivity contribution >= 4 is 45.2 Å². The molecule has 2 aliphatic heterocycles. The largest absolute Gasteiger partial charge is 0.273 e. The van der Waals surface area contributed by atoms with Crippen molar-refractivity contribution in [2.75, 3.05) is 24.6 Å². The number of amides is 4. The van der Waals surface area contributed by atoms with Crippen LogP contribution >= 0.6 is 21.6 Å². The van der Waals surface area contributed by atoms with Crippen LogP contribution in [-0.4, -0.2) is 58.0 Å². The molecule has 0 fully saturated rings. The monoisotopic (exact) mass is 412 g/mol. The molecule has 0 aromatic heterocycles. The first-order valence-electron chi connectivity index (χ1n) is 8.74. The van der Waals surface area contributed by atoms with E-state index in [2.05, 4.69) is 0 Å². The number of carbonyl (C=O) groups is 4. The lowest BCUT2D eigenvalue weighted by Crippen LogP contribution is -2.32. The van der Waals surface area contributed by atoms with E-state index < -0.39 is 0 Å². The molecule has 8 heteroatoms. The van der Waals surface area contributed by atoms with E-state index in [1.807, 2.05) is 0 Å². The third kappa shape index (κ3) is 3.22. The third-order valence-corrected chi connectivity index (χ3v) is 7.00. The summed E-state index contributed by atoms with van der Waals surface area (Å²) in [6.45, 7) is 0.661. The highest BCUT2D eigenvalue weighted by Crippen LogP contribution is 2.27. The number of imide groups is 2. The SMILES string of the molecule is O=C1c2ccccc2C(=O)N1CCSSCCN1C(=O)c2ccccc2C1=O. The maximum atomic E-state index is 12.3. The Labute approximate surface area is 169 Å². The summed E-state index contributed by atoms with van der Waals surface area (Å²) >= 11 is 0. The number of rotatable bonds is 7. The highest BCUT2D eigenvalue weighted by molar-refractivity contribution is 8.76. The topological polar surface area (TPSA) is 74.8 Å². The summed E-state index contributed by atoms with van der Waals surface area (Å²) in [6.07, 6.45) is 0. The van der Waals surface area contributed by atoms with Gasteiger partial charge in [-0.3, -0.25) is 29.0 Å². The van der Waals surface area contributed by atoms with Crippen LogP contribution in [0.1, 0.15) is 41.4 Å². The quantitative estimate of drug-likeness (QED) is 0.395. The molecule has 2 aliphatic rings. The molecule has 28 heavy (non-hydrogen) atoms. The van der Waals surface area contributed by atoms with Gasteiger partial charge in [-0.1, -0.05) is 45.9 Å². The zero-order valence-corrected chi connectivity index (χ0v) is 16.4. The van der Waals surface area contributed by atoms with E-state index in [4.69, 9.17) is 0 Å². The number of fused-ring (bicyclic) bond motifs is 2. The van der Waals surface area contributed by atoms with Crippen LogP contribution in [0.15, 0.2) is 48.5 Å². The van der Waals surface area contributed by atoms with Crippen molar-refractivity contribution in [3.05, 3.63) is 70.8 Å². The van der Waals surface area contributed by atoms with Gasteiger partial charge in [0.15, 0.2) is 0 Å². The molecule has 0 bridgehead atoms. The van der Waals surface area contributed by atoms with Gasteiger partial charge in [-0.15, -0.1) is 0 Å². The second kappa shape index (κ2) is 7.81. The fourth-order valence-electron chi connectivity index (χ4n) is 3.26. The molecule has 0 saturated heterocycles. The van der Waals surface area contributed by atoms with Crippen LogP contribution < -0.4 is 0 Å². The normalized spacial score (nSPS) is 15.4. The van der Waals surface area contributed by atoms with Crippen molar-refractivity contribution < 1.29 is 19.2 Å². The van der Waals surface area contributed by atoms with Crippen molar-refractivity contribution in [3.63, 3.8) is 0 Å². The van der Waals surface area contributed by atoms with Crippen LogP contribution in [0.25, 0.3) is 0 Å². The third-order valence-electron chi connectivity index (χ3n) is 4.64. The standard InChI is InChI=1S/C20H16N2O4S2/c23-17-13-5-1-2-6-14(13)18(24)21(17)9-11-27-28-12-10-22-19(25)15-7-3-4-8-16(15)20(22)26/h1-8H,9-12H2. The minimum Gasteiger partial charge on any atom is -0.273 e. The maximum Gasteiger partial charge on any atom is 0.261 e. The molecule has 0 N–H and O–H groups in total. The second-order valence-corrected chi connectivity index (χ2v) is 8.96. The Hall–Kier alpha value is -2.58. The molecule has 0 saturated carbocycles. The summed E-state index contributed by atoms with van der Waals surface area (Å²) in [5.74, 6) is 0.153. The Balaban J connectivity index is 1.22. The van der Waals surface area contributed by atoms with E-state index in [0.29, 0.717) is 46.8 Å². The minimum atomic E-state index is -0.253. The predicted molar refractivity (Wildman–Crippen MR) is 109 cm³/mol. The first kappa shape index (κ1) is 18.8. The van der Waals surface area contributed by atoms with Crippen LogP contribution in [0, 0.1) is 0 Å². The summed E-state index contributed by atoms with van der Waals surface area (Å²) in [5, 5.41) is 0. The summed E-state index contributed by atoms with van der Waals surface area (Å²) in [6, 6.07) is 13.7. The van der Waals surface area contributed by atoms with E-state index in [9.17, 15) is 19.2 Å². The number of nitrogens with zero attached hydrogens (tertiary/aromatic N) is 2. The maximum absolute atomic E-state index is 12.3. The molecule has 2 aromatic rings. The molecule has 4 amide bonds. The Morgan fingerprint density at radius 1 is 0.536 bits per heavy atom. The second-order valence-electron chi connectivity index (χ2n) is 6.26. The first-order chi connectivity index (χ1) is 13.6. The van der Waals surface area contributed by atoms with Crippen LogP contribution in [0.5, 0.6) is 0 Å². The van der Waals surface area contributed by atoms with E-state index in [1.165, 1.54) is 31.4 Å². The molecule has 0 aliphatic carbocycles. The molecule has 0 unspecified atom stereocenters. The van der Waals surface area contributed by atoms with Gasteiger partial charge in [-0.2, -0.15) is 0 Å². The summed E-state index contributed by atoms with van der Waals surface area (Å²) < 4.78 is 0. The zero-order valence-electron chi connectivity index (χ0n) is 14.8. The number of hydrogen-bond acceptors (Lipinski definition) is 6. The van der Waals surface area contributed by atoms with Gasteiger partial charge < -0.3 is 0 Å². The summed E-state index contributed by atoms with van der Waals surface area (Å²) in [4.78, 5) is 51.7. The van der Waals surface area contributed by atoms with Gasteiger partial charge in [-0.05, 0) is 24.3 Å². The Morgan fingerprint density at radius 2 is 0.821 bits per heavy atom. The van der Waals surface area contributed by atoms with E-state index >= 15 is 0 Å². The van der Waals surface area contributed by atoms with E-state index in [1.54, 1.807) is 48.5 Å².